The summed E-state index contributed by atoms with van der Waals surface area (Å²) in [6.07, 6.45) is 2.17. The van der Waals surface area contributed by atoms with E-state index in [1.807, 2.05) is 0 Å². The summed E-state index contributed by atoms with van der Waals surface area (Å²) in [4.78, 5) is 0. The Kier molecular flexibility index (Phi) is 2.09. The summed E-state index contributed by atoms with van der Waals surface area (Å²) in [5.74, 6) is 1.35. The normalized spacial score (nSPS) is 45.0. The lowest BCUT2D eigenvalue weighted by Crippen LogP contribution is -2.21. The minimum Gasteiger partial charge on any atom is -0.247 e. The van der Waals surface area contributed by atoms with Gasteiger partial charge in [-0.05, 0) is 31.1 Å². The maximum atomic E-state index is 12.6. The predicted octanol–water partition coefficient (Wildman–Crippen LogP) is 2.78. The Hall–Kier alpha value is -0.0700. The summed E-state index contributed by atoms with van der Waals surface area (Å²) < 4.78 is 12.6. The zero-order chi connectivity index (χ0) is 6.85. The van der Waals surface area contributed by atoms with Crippen molar-refractivity contribution >= 4 is 0 Å². The minimum atomic E-state index is -0.504. The Bertz CT molecular complexity index is 90.6. The van der Waals surface area contributed by atoms with E-state index in [0.717, 1.165) is 25.2 Å². The quantitative estimate of drug-likeness (QED) is 0.473. The molecule has 1 aliphatic carbocycles. The van der Waals surface area contributed by atoms with E-state index in [4.69, 9.17) is 0 Å². The molecule has 0 aromatic rings. The average Bonchev–Trinajstić information content (AvgIpc) is 1.80. The van der Waals surface area contributed by atoms with Gasteiger partial charge in [-0.3, -0.25) is 0 Å². The summed E-state index contributed by atoms with van der Waals surface area (Å²) >= 11 is 0. The van der Waals surface area contributed by atoms with Crippen molar-refractivity contribution in [3.05, 3.63) is 0 Å². The standard InChI is InChI=1S/C8H15F/c1-6-3-4-8(9)5-7(6)2/h6-8H,3-5H2,1-2H3/t6?,7?,8-/m0/s1. The molecule has 1 fully saturated rings. The Morgan fingerprint density at radius 1 is 1.11 bits per heavy atom. The van der Waals surface area contributed by atoms with Crippen LogP contribution < -0.4 is 0 Å². The van der Waals surface area contributed by atoms with E-state index in [-0.39, 0.29) is 0 Å². The number of halogens is 1. The first-order valence-corrected chi connectivity index (χ1v) is 3.84. The molecule has 0 heterocycles. The van der Waals surface area contributed by atoms with Crippen LogP contribution in [0, 0.1) is 11.8 Å². The number of rotatable bonds is 0. The third-order valence-electron chi connectivity index (χ3n) is 2.53. The van der Waals surface area contributed by atoms with Crippen molar-refractivity contribution in [1.29, 1.82) is 0 Å². The molecule has 0 aromatic carbocycles. The van der Waals surface area contributed by atoms with Gasteiger partial charge in [0.25, 0.3) is 0 Å². The van der Waals surface area contributed by atoms with Crippen molar-refractivity contribution in [2.75, 3.05) is 0 Å². The predicted molar refractivity (Wildman–Crippen MR) is 37.1 cm³/mol. The van der Waals surface area contributed by atoms with Crippen molar-refractivity contribution in [2.24, 2.45) is 11.8 Å². The first-order valence-electron chi connectivity index (χ1n) is 3.84. The monoisotopic (exact) mass is 130 g/mol. The smallest absolute Gasteiger partial charge is 0.100 e. The molecule has 0 radical (unpaired) electrons. The van der Waals surface area contributed by atoms with Gasteiger partial charge in [-0.25, -0.2) is 4.39 Å². The summed E-state index contributed by atoms with van der Waals surface area (Å²) in [7, 11) is 0. The molecule has 1 heteroatoms. The molecule has 54 valence electrons. The highest BCUT2D eigenvalue weighted by Gasteiger charge is 2.23. The lowest BCUT2D eigenvalue weighted by molar-refractivity contribution is 0.161. The molecule has 1 rings (SSSR count). The highest BCUT2D eigenvalue weighted by atomic mass is 19.1. The van der Waals surface area contributed by atoms with E-state index in [1.165, 1.54) is 0 Å². The first-order chi connectivity index (χ1) is 4.20. The fourth-order valence-electron chi connectivity index (χ4n) is 1.48. The highest BCUT2D eigenvalue weighted by molar-refractivity contribution is 4.74. The van der Waals surface area contributed by atoms with E-state index >= 15 is 0 Å². The summed E-state index contributed by atoms with van der Waals surface area (Å²) in [5, 5.41) is 0. The molecule has 1 aliphatic rings. The van der Waals surface area contributed by atoms with Crippen LogP contribution in [0.25, 0.3) is 0 Å². The molecular weight excluding hydrogens is 115 g/mol. The lowest BCUT2D eigenvalue weighted by atomic mass is 9.81. The van der Waals surface area contributed by atoms with Crippen LogP contribution in [-0.2, 0) is 0 Å². The molecule has 0 amide bonds. The van der Waals surface area contributed by atoms with Gasteiger partial charge in [-0.15, -0.1) is 0 Å². The summed E-state index contributed by atoms with van der Waals surface area (Å²) in [6.45, 7) is 4.37. The average molecular weight is 130 g/mol. The van der Waals surface area contributed by atoms with Crippen molar-refractivity contribution in [3.8, 4) is 0 Å². The van der Waals surface area contributed by atoms with E-state index in [9.17, 15) is 4.39 Å². The van der Waals surface area contributed by atoms with E-state index < -0.39 is 6.17 Å². The Balaban J connectivity index is 2.35. The van der Waals surface area contributed by atoms with Gasteiger partial charge >= 0.3 is 0 Å². The minimum absolute atomic E-state index is 0.504. The molecule has 0 aromatic heterocycles. The van der Waals surface area contributed by atoms with Gasteiger partial charge in [-0.2, -0.15) is 0 Å². The van der Waals surface area contributed by atoms with Gasteiger partial charge in [0.2, 0.25) is 0 Å². The molecule has 1 saturated carbocycles. The zero-order valence-corrected chi connectivity index (χ0v) is 6.23. The Morgan fingerprint density at radius 2 is 1.78 bits per heavy atom. The van der Waals surface area contributed by atoms with Crippen LogP contribution in [0.15, 0.2) is 0 Å². The Labute approximate surface area is 56.5 Å². The van der Waals surface area contributed by atoms with Crippen LogP contribution in [0.4, 0.5) is 4.39 Å². The van der Waals surface area contributed by atoms with E-state index in [1.54, 1.807) is 0 Å². The van der Waals surface area contributed by atoms with Gasteiger partial charge in [0.1, 0.15) is 6.17 Å². The van der Waals surface area contributed by atoms with Crippen molar-refractivity contribution < 1.29 is 4.39 Å². The highest BCUT2D eigenvalue weighted by Crippen LogP contribution is 2.30. The van der Waals surface area contributed by atoms with Gasteiger partial charge in [-0.1, -0.05) is 13.8 Å². The van der Waals surface area contributed by atoms with Crippen LogP contribution in [0.2, 0.25) is 0 Å². The van der Waals surface area contributed by atoms with Gasteiger partial charge < -0.3 is 0 Å². The van der Waals surface area contributed by atoms with Crippen LogP contribution in [0.3, 0.4) is 0 Å². The van der Waals surface area contributed by atoms with Crippen LogP contribution in [0.5, 0.6) is 0 Å². The molecule has 3 atom stereocenters. The molecule has 0 spiro atoms. The number of alkyl halides is 1. The third-order valence-corrected chi connectivity index (χ3v) is 2.53. The fourth-order valence-corrected chi connectivity index (χ4v) is 1.48. The molecule has 0 saturated heterocycles. The first kappa shape index (κ1) is 7.04. The van der Waals surface area contributed by atoms with Crippen LogP contribution >= 0.6 is 0 Å². The fraction of sp³-hybridized carbons (Fsp3) is 1.00. The second kappa shape index (κ2) is 2.68. The van der Waals surface area contributed by atoms with Crippen molar-refractivity contribution in [3.63, 3.8) is 0 Å². The lowest BCUT2D eigenvalue weighted by Gasteiger charge is -2.27. The van der Waals surface area contributed by atoms with Crippen LogP contribution in [0.1, 0.15) is 33.1 Å². The Morgan fingerprint density at radius 3 is 2.22 bits per heavy atom. The molecule has 0 nitrogen and oxygen atoms in total. The second-order valence-corrected chi connectivity index (χ2v) is 3.36. The molecule has 0 aliphatic heterocycles. The molecule has 0 bridgehead atoms. The molecule has 0 N–H and O–H groups in total. The maximum Gasteiger partial charge on any atom is 0.100 e. The summed E-state index contributed by atoms with van der Waals surface area (Å²) in [5.41, 5.74) is 0. The van der Waals surface area contributed by atoms with Gasteiger partial charge in [0.15, 0.2) is 0 Å². The van der Waals surface area contributed by atoms with E-state index in [0.29, 0.717) is 5.92 Å². The van der Waals surface area contributed by atoms with Gasteiger partial charge in [0, 0.05) is 0 Å². The van der Waals surface area contributed by atoms with Crippen LogP contribution in [-0.4, -0.2) is 6.17 Å². The SMILES string of the molecule is CC1CC[C@H](F)CC1C. The van der Waals surface area contributed by atoms with Crippen molar-refractivity contribution in [1.82, 2.24) is 0 Å². The maximum absolute atomic E-state index is 12.6. The zero-order valence-electron chi connectivity index (χ0n) is 6.23. The van der Waals surface area contributed by atoms with Crippen molar-refractivity contribution in [2.45, 2.75) is 39.3 Å². The largest absolute Gasteiger partial charge is 0.247 e. The summed E-state index contributed by atoms with van der Waals surface area (Å²) in [6, 6.07) is 0. The number of hydrogen-bond donors (Lipinski definition) is 0. The molecule has 9 heavy (non-hydrogen) atoms. The van der Waals surface area contributed by atoms with Gasteiger partial charge in [0.05, 0.1) is 0 Å². The van der Waals surface area contributed by atoms with E-state index in [2.05, 4.69) is 13.8 Å². The topological polar surface area (TPSA) is 0 Å². The second-order valence-electron chi connectivity index (χ2n) is 3.36. The third kappa shape index (κ3) is 1.67. The molecule has 2 unspecified atom stereocenters. The molecular formula is C8H15F. The number of hydrogen-bond acceptors (Lipinski definition) is 0.